The minimum atomic E-state index is -5.16. The molecule has 2 aliphatic rings. The van der Waals surface area contributed by atoms with E-state index in [1.807, 2.05) is 6.92 Å². The Hall–Kier alpha value is -2.23. The van der Waals surface area contributed by atoms with Crippen molar-refractivity contribution in [3.05, 3.63) is 69.8 Å². The van der Waals surface area contributed by atoms with Crippen molar-refractivity contribution in [3.63, 3.8) is 0 Å². The number of benzene rings is 2. The fraction of sp³-hybridized carbons (Fsp3) is 0.613. The van der Waals surface area contributed by atoms with Crippen LogP contribution in [0.25, 0.3) is 0 Å². The third kappa shape index (κ3) is 7.59. The molecule has 0 aromatic heterocycles. The molecule has 0 spiro atoms. The van der Waals surface area contributed by atoms with E-state index in [1.165, 1.54) is 12.1 Å². The third-order valence-electron chi connectivity index (χ3n) is 8.64. The second-order valence-corrected chi connectivity index (χ2v) is 11.5. The summed E-state index contributed by atoms with van der Waals surface area (Å²) in [5.74, 6) is -6.75. The average Bonchev–Trinajstić information content (AvgIpc) is 2.88. The Bertz CT molecular complexity index is 1130. The van der Waals surface area contributed by atoms with Crippen LogP contribution in [0.2, 0.25) is 0 Å². The van der Waals surface area contributed by atoms with Gasteiger partial charge in [0.05, 0.1) is 12.0 Å². The summed E-state index contributed by atoms with van der Waals surface area (Å²) in [6, 6.07) is 4.02. The van der Waals surface area contributed by atoms with Crippen LogP contribution in [0.5, 0.6) is 0 Å². The van der Waals surface area contributed by atoms with E-state index in [-0.39, 0.29) is 62.5 Å². The first-order valence-electron chi connectivity index (χ1n) is 14.4. The number of halogens is 9. The number of unbranched alkanes of at least 4 members (excludes halogenated alkanes) is 2. The SMILES string of the molecule is CCCCCc1cc(F)c(C2CCC(C(F)(F)OC3CCC(c4cc(F)c(C(F)(F)F)c(F)c4)CC3)CC2)c(F)c1. The van der Waals surface area contributed by atoms with E-state index in [0.29, 0.717) is 24.1 Å². The van der Waals surface area contributed by atoms with Crippen LogP contribution in [0.4, 0.5) is 39.5 Å². The fourth-order valence-corrected chi connectivity index (χ4v) is 6.40. The molecule has 0 amide bonds. The van der Waals surface area contributed by atoms with Gasteiger partial charge in [-0.05, 0) is 111 Å². The second-order valence-electron chi connectivity index (χ2n) is 11.5. The molecule has 0 atom stereocenters. The highest BCUT2D eigenvalue weighted by molar-refractivity contribution is 5.31. The van der Waals surface area contributed by atoms with Crippen LogP contribution in [0.3, 0.4) is 0 Å². The minimum absolute atomic E-state index is 0.0360. The van der Waals surface area contributed by atoms with Crippen molar-refractivity contribution in [2.24, 2.45) is 5.92 Å². The maximum Gasteiger partial charge on any atom is 0.422 e. The van der Waals surface area contributed by atoms with Crippen molar-refractivity contribution in [3.8, 4) is 0 Å². The Labute approximate surface area is 234 Å². The zero-order valence-electron chi connectivity index (χ0n) is 22.9. The molecule has 0 N–H and O–H groups in total. The predicted molar refractivity (Wildman–Crippen MR) is 137 cm³/mol. The van der Waals surface area contributed by atoms with Gasteiger partial charge in [0.2, 0.25) is 0 Å². The Kier molecular flexibility index (Phi) is 10.0. The number of rotatable bonds is 9. The van der Waals surface area contributed by atoms with E-state index < -0.39 is 65.0 Å². The second kappa shape index (κ2) is 13.0. The van der Waals surface area contributed by atoms with Crippen molar-refractivity contribution in [1.82, 2.24) is 0 Å². The highest BCUT2D eigenvalue weighted by Gasteiger charge is 2.46. The van der Waals surface area contributed by atoms with Gasteiger partial charge >= 0.3 is 12.3 Å². The highest BCUT2D eigenvalue weighted by atomic mass is 19.4. The molecule has 0 bridgehead atoms. The third-order valence-corrected chi connectivity index (χ3v) is 8.64. The summed E-state index contributed by atoms with van der Waals surface area (Å²) in [5.41, 5.74) is -1.34. The summed E-state index contributed by atoms with van der Waals surface area (Å²) in [5, 5.41) is 0. The molecule has 4 rings (SSSR count). The van der Waals surface area contributed by atoms with Gasteiger partial charge in [-0.15, -0.1) is 0 Å². The molecule has 1 nitrogen and oxygen atoms in total. The molecular formula is C31H35F9O. The van der Waals surface area contributed by atoms with Gasteiger partial charge < -0.3 is 4.74 Å². The average molecular weight is 595 g/mol. The van der Waals surface area contributed by atoms with Gasteiger partial charge in [-0.3, -0.25) is 0 Å². The molecule has 0 aliphatic heterocycles. The number of ether oxygens (including phenoxy) is 1. The van der Waals surface area contributed by atoms with Crippen LogP contribution in [-0.4, -0.2) is 12.2 Å². The van der Waals surface area contributed by atoms with Gasteiger partial charge in [0.25, 0.3) is 0 Å². The highest BCUT2D eigenvalue weighted by Crippen LogP contribution is 2.46. The van der Waals surface area contributed by atoms with E-state index >= 15 is 8.78 Å². The molecule has 0 unspecified atom stereocenters. The molecule has 2 aromatic rings. The molecular weight excluding hydrogens is 559 g/mol. The van der Waals surface area contributed by atoms with Crippen molar-refractivity contribution in [2.75, 3.05) is 0 Å². The van der Waals surface area contributed by atoms with E-state index in [1.54, 1.807) is 0 Å². The van der Waals surface area contributed by atoms with Crippen molar-refractivity contribution >= 4 is 0 Å². The number of hydrogen-bond donors (Lipinski definition) is 0. The van der Waals surface area contributed by atoms with Crippen LogP contribution in [0.15, 0.2) is 24.3 Å². The smallest absolute Gasteiger partial charge is 0.317 e. The molecule has 10 heteroatoms. The Morgan fingerprint density at radius 3 is 1.73 bits per heavy atom. The van der Waals surface area contributed by atoms with E-state index in [4.69, 9.17) is 4.74 Å². The van der Waals surface area contributed by atoms with Gasteiger partial charge in [0.15, 0.2) is 0 Å². The minimum Gasteiger partial charge on any atom is -0.317 e. The zero-order chi connectivity index (χ0) is 29.9. The van der Waals surface area contributed by atoms with E-state index in [0.717, 1.165) is 19.3 Å². The molecule has 228 valence electrons. The first kappa shape index (κ1) is 31.7. The van der Waals surface area contributed by atoms with Crippen LogP contribution in [-0.2, 0) is 17.3 Å². The lowest BCUT2D eigenvalue weighted by Crippen LogP contribution is -2.38. The normalized spacial score (nSPS) is 24.0. The molecule has 0 heterocycles. The monoisotopic (exact) mass is 594 g/mol. The maximum absolute atomic E-state index is 15.1. The first-order chi connectivity index (χ1) is 19.3. The Balaban J connectivity index is 1.30. The maximum atomic E-state index is 15.1. The summed E-state index contributed by atoms with van der Waals surface area (Å²) in [6.07, 6.45) is -4.84. The first-order valence-corrected chi connectivity index (χ1v) is 14.4. The van der Waals surface area contributed by atoms with E-state index in [9.17, 15) is 30.7 Å². The zero-order valence-corrected chi connectivity index (χ0v) is 22.9. The summed E-state index contributed by atoms with van der Waals surface area (Å²) in [6.45, 7) is 2.04. The van der Waals surface area contributed by atoms with Crippen LogP contribution in [0.1, 0.15) is 112 Å². The molecule has 41 heavy (non-hydrogen) atoms. The van der Waals surface area contributed by atoms with Crippen molar-refractivity contribution < 1.29 is 44.3 Å². The van der Waals surface area contributed by atoms with Crippen LogP contribution in [0, 0.1) is 29.2 Å². The number of alkyl halides is 5. The molecule has 2 aromatic carbocycles. The molecule has 2 aliphatic carbocycles. The lowest BCUT2D eigenvalue weighted by Gasteiger charge is -2.37. The summed E-state index contributed by atoms with van der Waals surface area (Å²) in [4.78, 5) is 0. The molecule has 2 fully saturated rings. The van der Waals surface area contributed by atoms with Gasteiger partial charge in [-0.25, -0.2) is 17.6 Å². The van der Waals surface area contributed by atoms with Crippen molar-refractivity contribution in [1.29, 1.82) is 0 Å². The van der Waals surface area contributed by atoms with Gasteiger partial charge in [0.1, 0.15) is 28.8 Å². The molecule has 0 saturated heterocycles. The fourth-order valence-electron chi connectivity index (χ4n) is 6.40. The largest absolute Gasteiger partial charge is 0.422 e. The van der Waals surface area contributed by atoms with Crippen LogP contribution < -0.4 is 0 Å². The molecule has 0 radical (unpaired) electrons. The summed E-state index contributed by atoms with van der Waals surface area (Å²) >= 11 is 0. The lowest BCUT2D eigenvalue weighted by molar-refractivity contribution is -0.300. The quantitative estimate of drug-likeness (QED) is 0.207. The standard InChI is InChI=1S/C31H35F9O/c1-2-3-4-5-18-14-24(32)28(25(33)15-18)20-6-10-22(11-7-20)31(39,40)41-23-12-8-19(9-13-23)21-16-26(34)29(27(35)17-21)30(36,37)38/h14-17,19-20,22-23H,2-13H2,1H3. The van der Waals surface area contributed by atoms with Crippen LogP contribution >= 0.6 is 0 Å². The Morgan fingerprint density at radius 1 is 0.683 bits per heavy atom. The number of aryl methyl sites for hydroxylation is 1. The van der Waals surface area contributed by atoms with Gasteiger partial charge in [-0.2, -0.15) is 22.0 Å². The molecule has 2 saturated carbocycles. The van der Waals surface area contributed by atoms with E-state index in [2.05, 4.69) is 0 Å². The summed E-state index contributed by atoms with van der Waals surface area (Å²) in [7, 11) is 0. The Morgan fingerprint density at radius 2 is 1.22 bits per heavy atom. The number of hydrogen-bond acceptors (Lipinski definition) is 1. The summed E-state index contributed by atoms with van der Waals surface area (Å²) < 4.78 is 132. The van der Waals surface area contributed by atoms with Gasteiger partial charge in [0, 0.05) is 5.56 Å². The van der Waals surface area contributed by atoms with Gasteiger partial charge in [-0.1, -0.05) is 19.8 Å². The predicted octanol–water partition coefficient (Wildman–Crippen LogP) is 10.6. The lowest BCUT2D eigenvalue weighted by atomic mass is 9.77. The van der Waals surface area contributed by atoms with Crippen molar-refractivity contribution in [2.45, 2.75) is 114 Å². The topological polar surface area (TPSA) is 9.23 Å².